The molecule has 1 aromatic carbocycles. The Morgan fingerprint density at radius 2 is 1.81 bits per heavy atom. The average molecular weight is 515 g/mol. The van der Waals surface area contributed by atoms with Crippen LogP contribution in [0, 0.1) is 5.92 Å². The number of hydrogen-bond acceptors (Lipinski definition) is 6. The fourth-order valence-corrected chi connectivity index (χ4v) is 3.91. The largest absolute Gasteiger partial charge is 0.479 e. The van der Waals surface area contributed by atoms with E-state index < -0.39 is 29.2 Å². The molecule has 0 saturated heterocycles. The van der Waals surface area contributed by atoms with E-state index in [1.165, 1.54) is 6.92 Å². The number of benzene rings is 1. The lowest BCUT2D eigenvalue weighted by Crippen LogP contribution is -2.63. The van der Waals surface area contributed by atoms with E-state index in [9.17, 15) is 24.3 Å². The molecule has 0 bridgehead atoms. The average Bonchev–Trinajstić information content (AvgIpc) is 3.40. The molecule has 11 heteroatoms. The summed E-state index contributed by atoms with van der Waals surface area (Å²) in [7, 11) is 3.63. The first-order chi connectivity index (χ1) is 17.6. The minimum absolute atomic E-state index is 0.122. The van der Waals surface area contributed by atoms with Crippen LogP contribution >= 0.6 is 0 Å². The summed E-state index contributed by atoms with van der Waals surface area (Å²) in [5.41, 5.74) is 4.10. The van der Waals surface area contributed by atoms with Crippen LogP contribution in [0.5, 0.6) is 0 Å². The Morgan fingerprint density at radius 1 is 1.11 bits per heavy atom. The molecule has 1 aromatic heterocycles. The van der Waals surface area contributed by atoms with Crippen molar-refractivity contribution in [1.82, 2.24) is 25.1 Å². The number of aryl methyl sites for hydroxylation is 1. The predicted molar refractivity (Wildman–Crippen MR) is 138 cm³/mol. The van der Waals surface area contributed by atoms with E-state index in [2.05, 4.69) is 20.2 Å². The minimum Gasteiger partial charge on any atom is -0.479 e. The zero-order valence-corrected chi connectivity index (χ0v) is 21.8. The number of likely N-dealkylation sites (N-methyl/N-ethyl adjacent to an activating group) is 2. The molecule has 2 atom stereocenters. The number of amides is 3. The van der Waals surface area contributed by atoms with Crippen LogP contribution in [0.15, 0.2) is 42.7 Å². The molecule has 3 amide bonds. The highest BCUT2D eigenvalue weighted by Crippen LogP contribution is 2.19. The number of carboxylic acid groups (broad SMARTS) is 1. The van der Waals surface area contributed by atoms with Gasteiger partial charge in [0.2, 0.25) is 17.4 Å². The van der Waals surface area contributed by atoms with Gasteiger partial charge in [0.25, 0.3) is 5.91 Å². The number of aromatic nitrogens is 2. The Morgan fingerprint density at radius 3 is 2.38 bits per heavy atom. The van der Waals surface area contributed by atoms with Gasteiger partial charge in [0, 0.05) is 57.8 Å². The van der Waals surface area contributed by atoms with Crippen LogP contribution in [0.3, 0.4) is 0 Å². The van der Waals surface area contributed by atoms with E-state index in [-0.39, 0.29) is 18.7 Å². The fourth-order valence-electron chi connectivity index (χ4n) is 3.91. The Hall–Kier alpha value is -3.73. The van der Waals surface area contributed by atoms with Crippen molar-refractivity contribution in [3.05, 3.63) is 54.1 Å². The van der Waals surface area contributed by atoms with E-state index >= 15 is 0 Å². The number of imidazole rings is 1. The van der Waals surface area contributed by atoms with Gasteiger partial charge < -0.3 is 30.9 Å². The molecule has 5 N–H and O–H groups in total. The molecule has 0 saturated carbocycles. The number of aromatic amines is 1. The van der Waals surface area contributed by atoms with Gasteiger partial charge in [-0.25, -0.2) is 9.78 Å². The molecule has 0 spiro atoms. The van der Waals surface area contributed by atoms with Gasteiger partial charge in [0.1, 0.15) is 5.82 Å². The molecule has 1 heterocycles. The van der Waals surface area contributed by atoms with Gasteiger partial charge in [-0.2, -0.15) is 0 Å². The summed E-state index contributed by atoms with van der Waals surface area (Å²) < 4.78 is 0. The second-order valence-corrected chi connectivity index (χ2v) is 9.25. The normalized spacial score (nSPS) is 13.5. The lowest BCUT2D eigenvalue weighted by Gasteiger charge is -2.29. The Bertz CT molecular complexity index is 1010. The van der Waals surface area contributed by atoms with E-state index in [1.54, 1.807) is 24.3 Å². The summed E-state index contributed by atoms with van der Waals surface area (Å²) in [5, 5.41) is 12.0. The van der Waals surface area contributed by atoms with Crippen molar-refractivity contribution in [2.45, 2.75) is 44.6 Å². The first kappa shape index (κ1) is 29.5. The molecule has 37 heavy (non-hydrogen) atoms. The maximum Gasteiger partial charge on any atom is 0.339 e. The molecular weight excluding hydrogens is 476 g/mol. The quantitative estimate of drug-likeness (QED) is 0.241. The zero-order chi connectivity index (χ0) is 27.4. The summed E-state index contributed by atoms with van der Waals surface area (Å²) in [6, 6.07) is 9.47. The molecule has 11 nitrogen and oxygen atoms in total. The van der Waals surface area contributed by atoms with Gasteiger partial charge in [-0.15, -0.1) is 0 Å². The number of nitrogens with one attached hydrogen (secondary N) is 2. The summed E-state index contributed by atoms with van der Waals surface area (Å²) in [6.07, 6.45) is 4.71. The second kappa shape index (κ2) is 14.1. The molecule has 2 aromatic rings. The van der Waals surface area contributed by atoms with E-state index in [4.69, 9.17) is 5.73 Å². The van der Waals surface area contributed by atoms with Crippen LogP contribution in [0.4, 0.5) is 0 Å². The third-order valence-corrected chi connectivity index (χ3v) is 6.60. The van der Waals surface area contributed by atoms with Crippen molar-refractivity contribution in [2.24, 2.45) is 11.7 Å². The highest BCUT2D eigenvalue weighted by Gasteiger charge is 2.45. The standard InChI is InChI=1S/C26H38N6O5/c1-4-26(24(27)35,25(36)37)30-23(34)20(11-10-19-8-6-5-7-9-19)18-22(33)32(3)17-16-31(2)15-12-21-28-13-14-29-21/h5-9,13-14,20H,4,10-12,15-18H2,1-3H3,(H2,27,35)(H,28,29)(H,30,34)(H,36,37)/t20-,26-/m1/s1. The predicted octanol–water partition coefficient (Wildman–Crippen LogP) is 0.816. The summed E-state index contributed by atoms with van der Waals surface area (Å²) in [4.78, 5) is 61.0. The lowest BCUT2D eigenvalue weighted by atomic mass is 9.90. The minimum atomic E-state index is -2.23. The third kappa shape index (κ3) is 8.71. The molecule has 0 aliphatic carbocycles. The molecule has 0 radical (unpaired) electrons. The molecule has 2 rings (SSSR count). The smallest absolute Gasteiger partial charge is 0.339 e. The maximum atomic E-state index is 13.2. The van der Waals surface area contributed by atoms with Crippen molar-refractivity contribution in [3.8, 4) is 0 Å². The number of H-pyrrole nitrogens is 1. The second-order valence-electron chi connectivity index (χ2n) is 9.25. The number of nitrogens with zero attached hydrogens (tertiary/aromatic N) is 3. The number of hydrogen-bond donors (Lipinski definition) is 4. The number of carboxylic acids is 1. The van der Waals surface area contributed by atoms with Crippen LogP contribution < -0.4 is 11.1 Å². The van der Waals surface area contributed by atoms with Crippen molar-refractivity contribution in [1.29, 1.82) is 0 Å². The first-order valence-corrected chi connectivity index (χ1v) is 12.4. The number of carbonyl (C=O) groups excluding carboxylic acids is 3. The van der Waals surface area contributed by atoms with Crippen molar-refractivity contribution >= 4 is 23.7 Å². The lowest BCUT2D eigenvalue weighted by molar-refractivity contribution is -0.153. The van der Waals surface area contributed by atoms with Gasteiger partial charge >= 0.3 is 5.97 Å². The van der Waals surface area contributed by atoms with Gasteiger partial charge in [-0.05, 0) is 31.9 Å². The number of aliphatic carboxylic acids is 1. The zero-order valence-electron chi connectivity index (χ0n) is 21.8. The number of carbonyl (C=O) groups is 4. The third-order valence-electron chi connectivity index (χ3n) is 6.60. The van der Waals surface area contributed by atoms with Crippen molar-refractivity contribution < 1.29 is 24.3 Å². The van der Waals surface area contributed by atoms with E-state index in [0.717, 1.165) is 24.4 Å². The van der Waals surface area contributed by atoms with Crippen LogP contribution in [0.25, 0.3) is 0 Å². The van der Waals surface area contributed by atoms with Gasteiger partial charge in [-0.3, -0.25) is 14.4 Å². The van der Waals surface area contributed by atoms with Crippen LogP contribution in [-0.4, -0.2) is 87.8 Å². The Labute approximate surface area is 217 Å². The van der Waals surface area contributed by atoms with Crippen molar-refractivity contribution in [2.75, 3.05) is 33.7 Å². The van der Waals surface area contributed by atoms with Gasteiger partial charge in [0.05, 0.1) is 0 Å². The van der Waals surface area contributed by atoms with Crippen LogP contribution in [0.1, 0.15) is 37.6 Å². The SMILES string of the molecule is CC[C@@](NC(=O)[C@H](CCc1ccccc1)CC(=O)N(C)CCN(C)CCc1ncc[nH]1)(C(N)=O)C(=O)O. The summed E-state index contributed by atoms with van der Waals surface area (Å²) in [5.74, 6) is -3.56. The highest BCUT2D eigenvalue weighted by atomic mass is 16.4. The maximum absolute atomic E-state index is 13.2. The van der Waals surface area contributed by atoms with Gasteiger partial charge in [0.15, 0.2) is 0 Å². The molecule has 0 aliphatic rings. The van der Waals surface area contributed by atoms with Crippen LogP contribution in [0.2, 0.25) is 0 Å². The first-order valence-electron chi connectivity index (χ1n) is 12.4. The monoisotopic (exact) mass is 514 g/mol. The van der Waals surface area contributed by atoms with E-state index in [0.29, 0.717) is 25.9 Å². The molecule has 0 unspecified atom stereocenters. The van der Waals surface area contributed by atoms with Crippen molar-refractivity contribution in [3.63, 3.8) is 0 Å². The van der Waals surface area contributed by atoms with Gasteiger partial charge in [-0.1, -0.05) is 37.3 Å². The summed E-state index contributed by atoms with van der Waals surface area (Å²) >= 11 is 0. The number of rotatable bonds is 16. The molecule has 202 valence electrons. The molecular formula is C26H38N6O5. The molecule has 0 fully saturated rings. The number of primary amides is 1. The Balaban J connectivity index is 2.03. The molecule has 0 aliphatic heterocycles. The van der Waals surface area contributed by atoms with E-state index in [1.807, 2.05) is 37.4 Å². The van der Waals surface area contributed by atoms with Crippen LogP contribution in [-0.2, 0) is 32.0 Å². The fraction of sp³-hybridized carbons (Fsp3) is 0.500. The highest BCUT2D eigenvalue weighted by molar-refractivity contribution is 6.09. The number of nitrogens with two attached hydrogens (primary N) is 1. The topological polar surface area (TPSA) is 162 Å². The Kier molecular flexibility index (Phi) is 11.3. The summed E-state index contributed by atoms with van der Waals surface area (Å²) in [6.45, 7) is 3.30.